The predicted octanol–water partition coefficient (Wildman–Crippen LogP) is 10.7. The van der Waals surface area contributed by atoms with Crippen molar-refractivity contribution in [1.29, 1.82) is 0 Å². The molecule has 2 aliphatic heterocycles. The highest BCUT2D eigenvalue weighted by atomic mass is 32.2. The van der Waals surface area contributed by atoms with Crippen LogP contribution < -0.4 is 19.3 Å². The van der Waals surface area contributed by atoms with Crippen LogP contribution >= 0.6 is 11.8 Å². The average molecular weight is 863 g/mol. The van der Waals surface area contributed by atoms with Crippen molar-refractivity contribution in [1.82, 2.24) is 0 Å². The lowest BCUT2D eigenvalue weighted by molar-refractivity contribution is -0.139. The Morgan fingerprint density at radius 2 is 1.02 bits per heavy atom. The first-order valence-electron chi connectivity index (χ1n) is 18.0. The molecule has 6 aromatic carbocycles. The van der Waals surface area contributed by atoms with E-state index in [2.05, 4.69) is 0 Å². The summed E-state index contributed by atoms with van der Waals surface area (Å²) in [6.45, 7) is -0.0672. The number of sulfone groups is 1. The van der Waals surface area contributed by atoms with Crippen LogP contribution in [0.15, 0.2) is 155 Å². The van der Waals surface area contributed by atoms with E-state index in [1.54, 1.807) is 72.8 Å². The number of benzene rings is 6. The number of hydrogen-bond donors (Lipinski definition) is 0. The summed E-state index contributed by atoms with van der Waals surface area (Å²) in [4.78, 5) is 29.2. The van der Waals surface area contributed by atoms with Crippen LogP contribution in [0.4, 0.5) is 37.7 Å². The van der Waals surface area contributed by atoms with E-state index in [-0.39, 0.29) is 40.7 Å². The summed E-state index contributed by atoms with van der Waals surface area (Å²) in [5.41, 5.74) is -0.0796. The number of rotatable bonds is 8. The highest BCUT2D eigenvalue weighted by Gasteiger charge is 2.39. The van der Waals surface area contributed by atoms with E-state index in [0.29, 0.717) is 23.2 Å². The highest BCUT2D eigenvalue weighted by molar-refractivity contribution is 8.00. The molecule has 60 heavy (non-hydrogen) atoms. The van der Waals surface area contributed by atoms with E-state index in [1.807, 2.05) is 18.2 Å². The quantitative estimate of drug-likeness (QED) is 0.141. The summed E-state index contributed by atoms with van der Waals surface area (Å²) >= 11 is 1.48. The molecule has 2 heterocycles. The van der Waals surface area contributed by atoms with Crippen molar-refractivity contribution < 1.29 is 53.8 Å². The van der Waals surface area contributed by atoms with E-state index in [4.69, 9.17) is 9.47 Å². The van der Waals surface area contributed by atoms with Gasteiger partial charge in [0, 0.05) is 16.0 Å². The number of halogens is 6. The molecule has 8 nitrogen and oxygen atoms in total. The van der Waals surface area contributed by atoms with Crippen LogP contribution in [0.25, 0.3) is 0 Å². The smallest absolute Gasteiger partial charge is 0.419 e. The Morgan fingerprint density at radius 1 is 0.567 bits per heavy atom. The van der Waals surface area contributed by atoms with Crippen molar-refractivity contribution in [2.75, 3.05) is 21.6 Å². The van der Waals surface area contributed by atoms with Crippen LogP contribution in [0.5, 0.6) is 11.5 Å². The molecule has 8 rings (SSSR count). The first-order valence-corrected chi connectivity index (χ1v) is 20.7. The van der Waals surface area contributed by atoms with Gasteiger partial charge in [-0.05, 0) is 71.8 Å². The lowest BCUT2D eigenvalue weighted by Crippen LogP contribution is -2.30. The number of anilines is 2. The normalized spacial score (nSPS) is 14.1. The molecule has 2 amide bonds. The number of para-hydroxylation sites is 2. The number of hydrogen-bond acceptors (Lipinski definition) is 7. The van der Waals surface area contributed by atoms with Crippen LogP contribution in [0.3, 0.4) is 0 Å². The van der Waals surface area contributed by atoms with Gasteiger partial charge in [0.15, 0.2) is 9.84 Å². The number of amides is 2. The number of fused-ring (bicyclic) bond motifs is 2. The topological polar surface area (TPSA) is 93.2 Å². The second-order valence-corrected chi connectivity index (χ2v) is 16.3. The van der Waals surface area contributed by atoms with Gasteiger partial charge in [0.25, 0.3) is 11.8 Å². The zero-order valence-corrected chi connectivity index (χ0v) is 32.7. The number of alkyl halides is 6. The maximum atomic E-state index is 13.7. The van der Waals surface area contributed by atoms with Crippen molar-refractivity contribution >= 4 is 44.8 Å². The maximum absolute atomic E-state index is 13.7. The van der Waals surface area contributed by atoms with Gasteiger partial charge in [-0.3, -0.25) is 19.4 Å². The fourth-order valence-corrected chi connectivity index (χ4v) is 8.94. The molecule has 2 aliphatic rings. The van der Waals surface area contributed by atoms with Gasteiger partial charge in [0.2, 0.25) is 0 Å². The molecule has 16 heteroatoms. The van der Waals surface area contributed by atoms with Crippen molar-refractivity contribution in [3.8, 4) is 11.5 Å². The maximum Gasteiger partial charge on any atom is 0.419 e. The van der Waals surface area contributed by atoms with E-state index in [1.165, 1.54) is 53.1 Å². The standard InChI is InChI=1S/C22H16F3NO4S.C22H16F3NO2S/c23-22(24,25)17-12-16(10-11-19(17)30-13-15-6-2-1-3-7-15)21(27)26-14-31(28,29)20-9-5-4-8-18(20)26;23-22(24,25)17-12-16(10-11-19(17)28-13-15-6-2-1-3-7-15)21(27)26-14-29-20-9-5-4-8-18(20)26/h1-12H,13-14H2;1-12H,13-14H2. The summed E-state index contributed by atoms with van der Waals surface area (Å²) in [5, 5.41) is 0. The summed E-state index contributed by atoms with van der Waals surface area (Å²) in [7, 11) is -3.74. The van der Waals surface area contributed by atoms with Gasteiger partial charge in [-0.25, -0.2) is 8.42 Å². The molecule has 0 bridgehead atoms. The summed E-state index contributed by atoms with van der Waals surface area (Å²) in [5.74, 6) is -2.28. The molecule has 6 aromatic rings. The largest absolute Gasteiger partial charge is 0.488 e. The Morgan fingerprint density at radius 3 is 1.53 bits per heavy atom. The van der Waals surface area contributed by atoms with E-state index in [0.717, 1.165) is 27.5 Å². The monoisotopic (exact) mass is 862 g/mol. The molecule has 0 atom stereocenters. The third-order valence-corrected chi connectivity index (χ3v) is 12.0. The van der Waals surface area contributed by atoms with Gasteiger partial charge in [0.1, 0.15) is 30.6 Å². The molecular weight excluding hydrogens is 831 g/mol. The SMILES string of the molecule is O=C(c1ccc(OCc2ccccc2)c(C(F)(F)F)c1)N1CS(=O)(=O)c2ccccc21.O=C(c1ccc(OCc2ccccc2)c(C(F)(F)F)c1)N1CSc2ccccc21. The highest BCUT2D eigenvalue weighted by Crippen LogP contribution is 2.42. The number of carbonyl (C=O) groups is 2. The van der Waals surface area contributed by atoms with E-state index in [9.17, 15) is 44.3 Å². The number of ether oxygens (including phenoxy) is 2. The van der Waals surface area contributed by atoms with Gasteiger partial charge < -0.3 is 9.47 Å². The Balaban J connectivity index is 0.000000182. The van der Waals surface area contributed by atoms with E-state index >= 15 is 0 Å². The molecule has 0 N–H and O–H groups in total. The zero-order chi connectivity index (χ0) is 42.7. The molecule has 0 aliphatic carbocycles. The molecule has 0 saturated carbocycles. The Bertz CT molecular complexity index is 2640. The number of thioether (sulfide) groups is 1. The molecular formula is C44H32F6N2O6S2. The second kappa shape index (κ2) is 17.1. The molecule has 0 saturated heterocycles. The first-order chi connectivity index (χ1) is 28.6. The molecule has 0 fully saturated rings. The lowest BCUT2D eigenvalue weighted by atomic mass is 10.1. The van der Waals surface area contributed by atoms with Gasteiger partial charge in [-0.15, -0.1) is 11.8 Å². The van der Waals surface area contributed by atoms with Gasteiger partial charge >= 0.3 is 12.4 Å². The lowest BCUT2D eigenvalue weighted by Gasteiger charge is -2.19. The van der Waals surface area contributed by atoms with Crippen LogP contribution in [-0.2, 0) is 35.4 Å². The Labute approximate surface area is 344 Å². The van der Waals surface area contributed by atoms with Crippen molar-refractivity contribution in [2.24, 2.45) is 0 Å². The number of nitrogens with zero attached hydrogens (tertiary/aromatic N) is 2. The third kappa shape index (κ3) is 9.29. The van der Waals surface area contributed by atoms with Crippen LogP contribution in [-0.4, -0.2) is 32.0 Å². The fourth-order valence-electron chi connectivity index (χ4n) is 6.40. The van der Waals surface area contributed by atoms with Gasteiger partial charge in [-0.1, -0.05) is 84.9 Å². The van der Waals surface area contributed by atoms with Gasteiger partial charge in [-0.2, -0.15) is 26.3 Å². The van der Waals surface area contributed by atoms with E-state index < -0.39 is 56.8 Å². The third-order valence-electron chi connectivity index (χ3n) is 9.32. The molecule has 0 unspecified atom stereocenters. The van der Waals surface area contributed by atoms with Gasteiger partial charge in [0.05, 0.1) is 33.3 Å². The minimum absolute atomic E-state index is 0.00730. The van der Waals surface area contributed by atoms with Crippen LogP contribution in [0.1, 0.15) is 43.0 Å². The van der Waals surface area contributed by atoms with Crippen LogP contribution in [0.2, 0.25) is 0 Å². The summed E-state index contributed by atoms with van der Waals surface area (Å²) in [6.07, 6.45) is -9.41. The minimum Gasteiger partial charge on any atom is -0.488 e. The fraction of sp³-hybridized carbons (Fsp3) is 0.136. The van der Waals surface area contributed by atoms with Crippen molar-refractivity contribution in [3.63, 3.8) is 0 Å². The molecule has 308 valence electrons. The average Bonchev–Trinajstić information content (AvgIpc) is 3.80. The zero-order valence-electron chi connectivity index (χ0n) is 31.1. The van der Waals surface area contributed by atoms with Crippen molar-refractivity contribution in [2.45, 2.75) is 35.4 Å². The minimum atomic E-state index is -4.77. The number of carbonyl (C=O) groups excluding carboxylic acids is 2. The first kappa shape index (κ1) is 41.9. The summed E-state index contributed by atoms with van der Waals surface area (Å²) in [6, 6.07) is 37.3. The Kier molecular flexibility index (Phi) is 12.0. The molecule has 0 radical (unpaired) electrons. The summed E-state index contributed by atoms with van der Waals surface area (Å²) < 4.78 is 117. The van der Waals surface area contributed by atoms with Crippen molar-refractivity contribution in [3.05, 3.63) is 179 Å². The Hall–Kier alpha value is -6.26. The van der Waals surface area contributed by atoms with Crippen LogP contribution in [0, 0.1) is 0 Å². The predicted molar refractivity (Wildman–Crippen MR) is 214 cm³/mol. The molecule has 0 spiro atoms. The second-order valence-electron chi connectivity index (χ2n) is 13.4. The molecule has 0 aromatic heterocycles.